The van der Waals surface area contributed by atoms with Crippen molar-refractivity contribution in [2.45, 2.75) is 38.4 Å². The molecular weight excluding hydrogens is 226 g/mol. The highest BCUT2D eigenvalue weighted by Gasteiger charge is 2.56. The molecule has 90 valence electrons. The van der Waals surface area contributed by atoms with Crippen LogP contribution in [-0.2, 0) is 4.74 Å². The summed E-state index contributed by atoms with van der Waals surface area (Å²) in [5.41, 5.74) is -3.33. The van der Waals surface area contributed by atoms with Gasteiger partial charge in [0.05, 0.1) is 0 Å². The maximum atomic E-state index is 12.3. The smallest absolute Gasteiger partial charge is 0.272 e. The number of halogens is 6. The molecule has 1 nitrogen and oxygen atoms in total. The molecule has 1 atom stereocenters. The van der Waals surface area contributed by atoms with E-state index in [1.807, 2.05) is 0 Å². The maximum absolute atomic E-state index is 12.3. The third-order valence-electron chi connectivity index (χ3n) is 1.56. The molecule has 0 radical (unpaired) electrons. The van der Waals surface area contributed by atoms with Gasteiger partial charge in [-0.2, -0.15) is 13.2 Å². The molecule has 7 heteroatoms. The van der Waals surface area contributed by atoms with E-state index >= 15 is 0 Å². The molecule has 0 fully saturated rings. The Morgan fingerprint density at radius 3 is 1.80 bits per heavy atom. The van der Waals surface area contributed by atoms with E-state index in [0.29, 0.717) is 13.0 Å². The second kappa shape index (κ2) is 4.42. The molecule has 0 aromatic heterocycles. The minimum Gasteiger partial charge on any atom is -0.272 e. The molecule has 0 rings (SSSR count). The average Bonchev–Trinajstić information content (AvgIpc) is 1.95. The molecule has 0 aliphatic rings. The highest BCUT2D eigenvalue weighted by molar-refractivity contribution is 5.04. The van der Waals surface area contributed by atoms with Gasteiger partial charge < -0.3 is 0 Å². The first kappa shape index (κ1) is 14.3. The van der Waals surface area contributed by atoms with E-state index in [0.717, 1.165) is 6.08 Å². The Kier molecular flexibility index (Phi) is 4.21. The number of rotatable bonds is 3. The standard InChI is InChI=1S/C8H10F6O/c1-3-4-5-6(2,7(9,10)11)15-8(12,13)14/h4-5H,3H2,1-2H3/b5-4-. The molecule has 0 bridgehead atoms. The summed E-state index contributed by atoms with van der Waals surface area (Å²) >= 11 is 0. The number of hydrogen-bond acceptors (Lipinski definition) is 1. The van der Waals surface area contributed by atoms with Crippen LogP contribution < -0.4 is 0 Å². The summed E-state index contributed by atoms with van der Waals surface area (Å²) < 4.78 is 75.2. The van der Waals surface area contributed by atoms with Gasteiger partial charge in [-0.15, -0.1) is 13.2 Å². The summed E-state index contributed by atoms with van der Waals surface area (Å²) in [6.07, 6.45) is -8.93. The minimum absolute atomic E-state index is 0.187. The number of alkyl halides is 6. The van der Waals surface area contributed by atoms with Gasteiger partial charge in [-0.25, -0.2) is 0 Å². The molecule has 0 amide bonds. The fourth-order valence-electron chi connectivity index (χ4n) is 0.770. The quantitative estimate of drug-likeness (QED) is 0.534. The predicted octanol–water partition coefficient (Wildman–Crippen LogP) is 3.81. The molecule has 15 heavy (non-hydrogen) atoms. The third-order valence-corrected chi connectivity index (χ3v) is 1.56. The lowest BCUT2D eigenvalue weighted by atomic mass is 10.1. The Morgan fingerprint density at radius 2 is 1.53 bits per heavy atom. The highest BCUT2D eigenvalue weighted by atomic mass is 19.4. The van der Waals surface area contributed by atoms with Crippen LogP contribution in [0.2, 0.25) is 0 Å². The lowest BCUT2D eigenvalue weighted by Crippen LogP contribution is -2.46. The van der Waals surface area contributed by atoms with Gasteiger partial charge >= 0.3 is 12.5 Å². The van der Waals surface area contributed by atoms with Crippen LogP contribution in [0, 0.1) is 0 Å². The van der Waals surface area contributed by atoms with Crippen LogP contribution in [0.25, 0.3) is 0 Å². The summed E-state index contributed by atoms with van der Waals surface area (Å²) in [4.78, 5) is 0. The molecule has 0 aliphatic carbocycles. The third kappa shape index (κ3) is 4.55. The van der Waals surface area contributed by atoms with Gasteiger partial charge in [-0.3, -0.25) is 4.74 Å². The van der Waals surface area contributed by atoms with Crippen molar-refractivity contribution in [3.63, 3.8) is 0 Å². The maximum Gasteiger partial charge on any atom is 0.523 e. The van der Waals surface area contributed by atoms with E-state index in [1.54, 1.807) is 0 Å². The van der Waals surface area contributed by atoms with Crippen molar-refractivity contribution in [3.05, 3.63) is 12.2 Å². The first-order valence-electron chi connectivity index (χ1n) is 4.03. The van der Waals surface area contributed by atoms with Crippen LogP contribution in [0.3, 0.4) is 0 Å². The van der Waals surface area contributed by atoms with Crippen LogP contribution in [0.1, 0.15) is 20.3 Å². The fourth-order valence-corrected chi connectivity index (χ4v) is 0.770. The molecule has 0 saturated heterocycles. The second-order valence-corrected chi connectivity index (χ2v) is 2.96. The van der Waals surface area contributed by atoms with Crippen LogP contribution in [0.4, 0.5) is 26.3 Å². The van der Waals surface area contributed by atoms with Crippen molar-refractivity contribution in [2.75, 3.05) is 0 Å². The van der Waals surface area contributed by atoms with Crippen molar-refractivity contribution in [3.8, 4) is 0 Å². The lowest BCUT2D eigenvalue weighted by molar-refractivity contribution is -0.398. The van der Waals surface area contributed by atoms with Gasteiger partial charge in [0.25, 0.3) is 0 Å². The van der Waals surface area contributed by atoms with Gasteiger partial charge in [-0.1, -0.05) is 13.0 Å². The van der Waals surface area contributed by atoms with Crippen LogP contribution in [-0.4, -0.2) is 18.1 Å². The zero-order valence-corrected chi connectivity index (χ0v) is 8.04. The van der Waals surface area contributed by atoms with E-state index in [4.69, 9.17) is 0 Å². The second-order valence-electron chi connectivity index (χ2n) is 2.96. The zero-order chi connectivity index (χ0) is 12.3. The zero-order valence-electron chi connectivity index (χ0n) is 8.04. The highest BCUT2D eigenvalue weighted by Crippen LogP contribution is 2.39. The predicted molar refractivity (Wildman–Crippen MR) is 41.0 cm³/mol. The minimum atomic E-state index is -5.33. The summed E-state index contributed by atoms with van der Waals surface area (Å²) in [7, 11) is 0. The average molecular weight is 236 g/mol. The van der Waals surface area contributed by atoms with E-state index in [1.165, 1.54) is 6.92 Å². The van der Waals surface area contributed by atoms with Crippen LogP contribution in [0.15, 0.2) is 12.2 Å². The SMILES string of the molecule is CC/C=C\C(C)(OC(F)(F)F)C(F)(F)F. The van der Waals surface area contributed by atoms with Crippen molar-refractivity contribution < 1.29 is 31.1 Å². The molecule has 0 aromatic rings. The molecule has 0 spiro atoms. The summed E-state index contributed by atoms with van der Waals surface area (Å²) in [5.74, 6) is 0. The molecule has 0 aliphatic heterocycles. The van der Waals surface area contributed by atoms with Crippen LogP contribution in [0.5, 0.6) is 0 Å². The number of ether oxygens (including phenoxy) is 1. The Morgan fingerprint density at radius 1 is 1.07 bits per heavy atom. The summed E-state index contributed by atoms with van der Waals surface area (Å²) in [6.45, 7) is 1.83. The van der Waals surface area contributed by atoms with Crippen molar-refractivity contribution in [2.24, 2.45) is 0 Å². The molecule has 0 heterocycles. The first-order valence-corrected chi connectivity index (χ1v) is 4.03. The summed E-state index contributed by atoms with van der Waals surface area (Å²) in [6, 6.07) is 0. The van der Waals surface area contributed by atoms with Gasteiger partial charge in [-0.05, 0) is 19.4 Å². The Bertz CT molecular complexity index is 228. The molecular formula is C8H10F6O. The van der Waals surface area contributed by atoms with Gasteiger partial charge in [0, 0.05) is 0 Å². The van der Waals surface area contributed by atoms with Crippen LogP contribution >= 0.6 is 0 Å². The van der Waals surface area contributed by atoms with E-state index in [2.05, 4.69) is 4.74 Å². The Hall–Kier alpha value is -0.720. The largest absolute Gasteiger partial charge is 0.523 e. The topological polar surface area (TPSA) is 9.23 Å². The lowest BCUT2D eigenvalue weighted by Gasteiger charge is -2.29. The summed E-state index contributed by atoms with van der Waals surface area (Å²) in [5, 5.41) is 0. The van der Waals surface area contributed by atoms with Crippen molar-refractivity contribution >= 4 is 0 Å². The molecule has 0 aromatic carbocycles. The Balaban J connectivity index is 4.96. The van der Waals surface area contributed by atoms with Crippen molar-refractivity contribution in [1.29, 1.82) is 0 Å². The van der Waals surface area contributed by atoms with Crippen molar-refractivity contribution in [1.82, 2.24) is 0 Å². The molecule has 0 N–H and O–H groups in total. The van der Waals surface area contributed by atoms with Gasteiger partial charge in [0.1, 0.15) is 0 Å². The number of hydrogen-bond donors (Lipinski definition) is 0. The molecule has 0 saturated carbocycles. The van der Waals surface area contributed by atoms with Gasteiger partial charge in [0.2, 0.25) is 0 Å². The molecule has 1 unspecified atom stereocenters. The van der Waals surface area contributed by atoms with E-state index in [-0.39, 0.29) is 6.42 Å². The Labute approximate surface area is 82.7 Å². The van der Waals surface area contributed by atoms with E-state index < -0.39 is 18.1 Å². The fraction of sp³-hybridized carbons (Fsp3) is 0.750. The first-order chi connectivity index (χ1) is 6.52. The van der Waals surface area contributed by atoms with E-state index in [9.17, 15) is 26.3 Å². The number of allylic oxidation sites excluding steroid dienone is 1. The normalized spacial score (nSPS) is 18.1. The van der Waals surface area contributed by atoms with Gasteiger partial charge in [0.15, 0.2) is 5.60 Å². The monoisotopic (exact) mass is 236 g/mol.